The minimum absolute atomic E-state index is 0.234. The van der Waals surface area contributed by atoms with E-state index in [1.165, 1.54) is 6.39 Å². The predicted octanol–water partition coefficient (Wildman–Crippen LogP) is 1.55. The summed E-state index contributed by atoms with van der Waals surface area (Å²) >= 11 is 0. The second kappa shape index (κ2) is 6.75. The number of nitrogens with zero attached hydrogens (tertiary/aromatic N) is 2. The van der Waals surface area contributed by atoms with Gasteiger partial charge in [-0.1, -0.05) is 17.3 Å². The fourth-order valence-corrected chi connectivity index (χ4v) is 1.74. The zero-order valence-electron chi connectivity index (χ0n) is 10.8. The summed E-state index contributed by atoms with van der Waals surface area (Å²) in [6, 6.07) is 5.77. The summed E-state index contributed by atoms with van der Waals surface area (Å²) < 4.78 is 16.0. The number of para-hydroxylation sites is 1. The number of aromatic nitrogens is 2. The number of ether oxygens (including phenoxy) is 2. The lowest BCUT2D eigenvalue weighted by atomic mass is 10.1. The van der Waals surface area contributed by atoms with Gasteiger partial charge in [-0.2, -0.15) is 4.98 Å². The highest BCUT2D eigenvalue weighted by Crippen LogP contribution is 2.32. The number of benzene rings is 1. The van der Waals surface area contributed by atoms with Gasteiger partial charge < -0.3 is 19.7 Å². The van der Waals surface area contributed by atoms with E-state index < -0.39 is 0 Å². The molecule has 1 heterocycles. The van der Waals surface area contributed by atoms with Crippen LogP contribution in [-0.2, 0) is 13.0 Å². The van der Waals surface area contributed by atoms with E-state index in [0.29, 0.717) is 30.5 Å². The van der Waals surface area contributed by atoms with Crippen LogP contribution < -0.4 is 15.2 Å². The molecule has 0 spiro atoms. The molecule has 0 fully saturated rings. The molecular formula is C13H17N3O3. The third-order valence-electron chi connectivity index (χ3n) is 2.53. The van der Waals surface area contributed by atoms with E-state index >= 15 is 0 Å². The van der Waals surface area contributed by atoms with Crippen molar-refractivity contribution in [3.05, 3.63) is 36.0 Å². The first-order valence-corrected chi connectivity index (χ1v) is 6.18. The summed E-state index contributed by atoms with van der Waals surface area (Å²) in [7, 11) is 0. The topological polar surface area (TPSA) is 83.4 Å². The smallest absolute Gasteiger partial charge is 0.213 e. The van der Waals surface area contributed by atoms with Gasteiger partial charge in [0.1, 0.15) is 0 Å². The molecule has 0 atom stereocenters. The molecule has 19 heavy (non-hydrogen) atoms. The maximum atomic E-state index is 5.75. The lowest BCUT2D eigenvalue weighted by Crippen LogP contribution is -2.07. The van der Waals surface area contributed by atoms with Crippen LogP contribution >= 0.6 is 0 Å². The van der Waals surface area contributed by atoms with Crippen molar-refractivity contribution in [1.82, 2.24) is 10.1 Å². The van der Waals surface area contributed by atoms with Crippen molar-refractivity contribution in [3.8, 4) is 11.5 Å². The molecule has 0 bridgehead atoms. The average Bonchev–Trinajstić information content (AvgIpc) is 2.92. The monoisotopic (exact) mass is 263 g/mol. The Kier molecular flexibility index (Phi) is 4.74. The second-order valence-corrected chi connectivity index (χ2v) is 3.85. The summed E-state index contributed by atoms with van der Waals surface area (Å²) in [6.45, 7) is 3.29. The molecule has 0 aliphatic rings. The Bertz CT molecular complexity index is 476. The van der Waals surface area contributed by atoms with Crippen LogP contribution in [0.1, 0.15) is 18.3 Å². The summed E-state index contributed by atoms with van der Waals surface area (Å²) in [5.41, 5.74) is 6.62. The molecule has 6 heteroatoms. The SMILES string of the molecule is CCOc1cccc(CCN)c1OCc1ncon1. The Hall–Kier alpha value is -2.08. The van der Waals surface area contributed by atoms with Crippen LogP contribution in [-0.4, -0.2) is 23.3 Å². The van der Waals surface area contributed by atoms with Crippen molar-refractivity contribution in [2.24, 2.45) is 5.73 Å². The summed E-state index contributed by atoms with van der Waals surface area (Å²) in [6.07, 6.45) is 2.00. The first-order chi connectivity index (χ1) is 9.35. The number of hydrogen-bond acceptors (Lipinski definition) is 6. The van der Waals surface area contributed by atoms with Gasteiger partial charge in [-0.15, -0.1) is 0 Å². The highest BCUT2D eigenvalue weighted by molar-refractivity contribution is 5.46. The number of hydrogen-bond donors (Lipinski definition) is 1. The quantitative estimate of drug-likeness (QED) is 0.816. The molecule has 1 aromatic carbocycles. The molecule has 2 aromatic rings. The minimum atomic E-state index is 0.234. The van der Waals surface area contributed by atoms with Crippen molar-refractivity contribution in [1.29, 1.82) is 0 Å². The van der Waals surface area contributed by atoms with Crippen LogP contribution in [0.5, 0.6) is 11.5 Å². The van der Waals surface area contributed by atoms with Crippen LogP contribution in [0, 0.1) is 0 Å². The van der Waals surface area contributed by atoms with Gasteiger partial charge in [0.2, 0.25) is 12.2 Å². The maximum Gasteiger partial charge on any atom is 0.213 e. The molecule has 6 nitrogen and oxygen atoms in total. The average molecular weight is 263 g/mol. The van der Waals surface area contributed by atoms with Gasteiger partial charge >= 0.3 is 0 Å². The van der Waals surface area contributed by atoms with E-state index in [4.69, 9.17) is 15.2 Å². The highest BCUT2D eigenvalue weighted by atomic mass is 16.5. The van der Waals surface area contributed by atoms with Gasteiger partial charge in [0.05, 0.1) is 6.61 Å². The lowest BCUT2D eigenvalue weighted by Gasteiger charge is -2.14. The molecule has 0 amide bonds. The van der Waals surface area contributed by atoms with Crippen LogP contribution in [0.15, 0.2) is 29.1 Å². The third kappa shape index (κ3) is 3.45. The number of rotatable bonds is 7. The molecule has 0 aliphatic carbocycles. The van der Waals surface area contributed by atoms with Crippen LogP contribution in [0.4, 0.5) is 0 Å². The first kappa shape index (κ1) is 13.4. The molecule has 2 N–H and O–H groups in total. The van der Waals surface area contributed by atoms with E-state index in [1.54, 1.807) is 0 Å². The number of nitrogens with two attached hydrogens (primary N) is 1. The van der Waals surface area contributed by atoms with Crippen molar-refractivity contribution in [2.75, 3.05) is 13.2 Å². The molecule has 0 unspecified atom stereocenters. The largest absolute Gasteiger partial charge is 0.490 e. The van der Waals surface area contributed by atoms with Gasteiger partial charge in [0, 0.05) is 0 Å². The molecule has 0 saturated heterocycles. The molecule has 0 radical (unpaired) electrons. The van der Waals surface area contributed by atoms with Gasteiger partial charge in [-0.25, -0.2) is 0 Å². The molecule has 1 aromatic heterocycles. The zero-order chi connectivity index (χ0) is 13.5. The van der Waals surface area contributed by atoms with Crippen molar-refractivity contribution in [3.63, 3.8) is 0 Å². The Balaban J connectivity index is 2.18. The predicted molar refractivity (Wildman–Crippen MR) is 69.0 cm³/mol. The van der Waals surface area contributed by atoms with E-state index in [0.717, 1.165) is 12.0 Å². The molecule has 2 rings (SSSR count). The van der Waals surface area contributed by atoms with Gasteiger partial charge in [-0.05, 0) is 31.5 Å². The second-order valence-electron chi connectivity index (χ2n) is 3.85. The summed E-state index contributed by atoms with van der Waals surface area (Å²) in [5.74, 6) is 1.89. The molecular weight excluding hydrogens is 246 g/mol. The normalized spacial score (nSPS) is 10.4. The van der Waals surface area contributed by atoms with E-state index in [1.807, 2.05) is 25.1 Å². The molecule has 102 valence electrons. The Morgan fingerprint density at radius 3 is 2.89 bits per heavy atom. The molecule has 0 saturated carbocycles. The first-order valence-electron chi connectivity index (χ1n) is 6.18. The zero-order valence-corrected chi connectivity index (χ0v) is 10.8. The summed E-state index contributed by atoms with van der Waals surface area (Å²) in [5, 5.41) is 3.71. The Morgan fingerprint density at radius 2 is 2.21 bits per heavy atom. The van der Waals surface area contributed by atoms with E-state index in [-0.39, 0.29) is 6.61 Å². The Morgan fingerprint density at radius 1 is 1.32 bits per heavy atom. The summed E-state index contributed by atoms with van der Waals surface area (Å²) in [4.78, 5) is 3.91. The van der Waals surface area contributed by atoms with Gasteiger partial charge in [-0.3, -0.25) is 0 Å². The lowest BCUT2D eigenvalue weighted by molar-refractivity contribution is 0.256. The third-order valence-corrected chi connectivity index (χ3v) is 2.53. The van der Waals surface area contributed by atoms with Crippen molar-refractivity contribution >= 4 is 0 Å². The highest BCUT2D eigenvalue weighted by Gasteiger charge is 2.11. The van der Waals surface area contributed by atoms with Crippen molar-refractivity contribution in [2.45, 2.75) is 20.0 Å². The molecule has 0 aliphatic heterocycles. The van der Waals surface area contributed by atoms with Crippen LogP contribution in [0.3, 0.4) is 0 Å². The van der Waals surface area contributed by atoms with Crippen molar-refractivity contribution < 1.29 is 14.0 Å². The fourth-order valence-electron chi connectivity index (χ4n) is 1.74. The minimum Gasteiger partial charge on any atom is -0.490 e. The maximum absolute atomic E-state index is 5.75. The van der Waals surface area contributed by atoms with E-state index in [2.05, 4.69) is 14.7 Å². The van der Waals surface area contributed by atoms with Crippen LogP contribution in [0.25, 0.3) is 0 Å². The van der Waals surface area contributed by atoms with E-state index in [9.17, 15) is 0 Å². The van der Waals surface area contributed by atoms with Crippen LogP contribution in [0.2, 0.25) is 0 Å². The van der Waals surface area contributed by atoms with Gasteiger partial charge in [0.15, 0.2) is 18.1 Å². The fraction of sp³-hybridized carbons (Fsp3) is 0.385. The van der Waals surface area contributed by atoms with Gasteiger partial charge in [0.25, 0.3) is 0 Å². The standard InChI is InChI=1S/C13H17N3O3/c1-2-17-11-5-3-4-10(6-7-14)13(11)18-8-12-15-9-19-16-12/h3-5,9H,2,6-8,14H2,1H3. The Labute approximate surface area is 111 Å².